The number of thioether (sulfide) groups is 1. The van der Waals surface area contributed by atoms with Crippen LogP contribution in [-0.2, 0) is 4.74 Å². The molecule has 6 nitrogen and oxygen atoms in total. The Kier molecular flexibility index (Phi) is 6.69. The molecule has 3 atom stereocenters. The van der Waals surface area contributed by atoms with Crippen LogP contribution in [0, 0.1) is 0 Å². The van der Waals surface area contributed by atoms with Crippen molar-refractivity contribution in [1.29, 1.82) is 0 Å². The van der Waals surface area contributed by atoms with Crippen molar-refractivity contribution in [3.8, 4) is 0 Å². The van der Waals surface area contributed by atoms with E-state index in [1.54, 1.807) is 11.8 Å². The predicted octanol–water partition coefficient (Wildman–Crippen LogP) is 1.53. The second-order valence-electron chi connectivity index (χ2n) is 5.34. The van der Waals surface area contributed by atoms with Gasteiger partial charge < -0.3 is 15.2 Å². The van der Waals surface area contributed by atoms with Crippen LogP contribution in [0.3, 0.4) is 0 Å². The number of hydrogen-bond acceptors (Lipinski definition) is 8. The number of β-amino-alcohol motifs (C(OH)–C–C–N with tert-alkyl or cyclic N) is 1. The van der Waals surface area contributed by atoms with Gasteiger partial charge >= 0.3 is 0 Å². The van der Waals surface area contributed by atoms with Crippen molar-refractivity contribution < 1.29 is 9.84 Å². The van der Waals surface area contributed by atoms with Crippen molar-refractivity contribution in [3.63, 3.8) is 0 Å². The molecule has 0 saturated carbocycles. The number of aliphatic hydroxyl groups excluding tert-OH is 1. The molecule has 1 aromatic heterocycles. The minimum absolute atomic E-state index is 0.236. The quantitative estimate of drug-likeness (QED) is 0.734. The highest BCUT2D eigenvalue weighted by Gasteiger charge is 2.23. The van der Waals surface area contributed by atoms with Gasteiger partial charge in [-0.25, -0.2) is 0 Å². The predicted molar refractivity (Wildman–Crippen MR) is 87.3 cm³/mol. The molecule has 0 radical (unpaired) electrons. The molecule has 2 rings (SSSR count). The Balaban J connectivity index is 1.72. The molecule has 2 heterocycles. The standard InChI is InChI=1S/C13H24N4O2S2/c1-4-14-12-15-16-13(21-12)20-8-11(18)7-17-5-9(2)19-10(3)6-17/h9-11,18H,4-8H2,1-3H3,(H,14,15)/t9-,10+,11-/m1/s1. The van der Waals surface area contributed by atoms with E-state index in [0.717, 1.165) is 29.1 Å². The van der Waals surface area contributed by atoms with Gasteiger partial charge in [0.25, 0.3) is 0 Å². The summed E-state index contributed by atoms with van der Waals surface area (Å²) in [5.74, 6) is 0.640. The Morgan fingerprint density at radius 3 is 2.81 bits per heavy atom. The lowest BCUT2D eigenvalue weighted by molar-refractivity contribution is -0.0750. The van der Waals surface area contributed by atoms with Crippen molar-refractivity contribution in [2.24, 2.45) is 0 Å². The summed E-state index contributed by atoms with van der Waals surface area (Å²) in [4.78, 5) is 2.27. The molecule has 0 amide bonds. The minimum atomic E-state index is -0.362. The number of nitrogens with zero attached hydrogens (tertiary/aromatic N) is 3. The van der Waals surface area contributed by atoms with Gasteiger partial charge in [0, 0.05) is 31.9 Å². The van der Waals surface area contributed by atoms with Crippen molar-refractivity contribution in [2.45, 2.75) is 43.4 Å². The first-order chi connectivity index (χ1) is 10.1. The van der Waals surface area contributed by atoms with Crippen molar-refractivity contribution in [3.05, 3.63) is 0 Å². The number of ether oxygens (including phenoxy) is 1. The first kappa shape index (κ1) is 17.0. The average molecular weight is 332 g/mol. The molecule has 120 valence electrons. The fourth-order valence-corrected chi connectivity index (χ4v) is 4.20. The van der Waals surface area contributed by atoms with E-state index in [-0.39, 0.29) is 18.3 Å². The third-order valence-electron chi connectivity index (χ3n) is 3.10. The fraction of sp³-hybridized carbons (Fsp3) is 0.846. The second-order valence-corrected chi connectivity index (χ2v) is 7.59. The Labute approximate surface area is 134 Å². The van der Waals surface area contributed by atoms with E-state index < -0.39 is 0 Å². The van der Waals surface area contributed by atoms with Crippen LogP contribution in [0.15, 0.2) is 4.34 Å². The highest BCUT2D eigenvalue weighted by atomic mass is 32.2. The Bertz CT molecular complexity index is 422. The van der Waals surface area contributed by atoms with E-state index in [9.17, 15) is 5.11 Å². The molecule has 0 spiro atoms. The third-order valence-corrected chi connectivity index (χ3v) is 5.26. The summed E-state index contributed by atoms with van der Waals surface area (Å²) in [6, 6.07) is 0. The molecule has 0 unspecified atom stereocenters. The molecule has 1 fully saturated rings. The normalized spacial score (nSPS) is 25.0. The zero-order chi connectivity index (χ0) is 15.2. The van der Waals surface area contributed by atoms with Gasteiger partial charge in [-0.05, 0) is 20.8 Å². The zero-order valence-corrected chi connectivity index (χ0v) is 14.4. The molecular weight excluding hydrogens is 308 g/mol. The average Bonchev–Trinajstić information content (AvgIpc) is 2.83. The van der Waals surface area contributed by atoms with Gasteiger partial charge in [0.2, 0.25) is 5.13 Å². The molecular formula is C13H24N4O2S2. The number of hydrogen-bond donors (Lipinski definition) is 2. The number of aliphatic hydroxyl groups is 1. The van der Waals surface area contributed by atoms with Gasteiger partial charge in [-0.15, -0.1) is 10.2 Å². The summed E-state index contributed by atoms with van der Waals surface area (Å²) in [5.41, 5.74) is 0. The minimum Gasteiger partial charge on any atom is -0.391 e. The molecule has 1 saturated heterocycles. The summed E-state index contributed by atoms with van der Waals surface area (Å²) < 4.78 is 6.60. The summed E-state index contributed by atoms with van der Waals surface area (Å²) in [7, 11) is 0. The van der Waals surface area contributed by atoms with Gasteiger partial charge in [0.15, 0.2) is 4.34 Å². The van der Waals surface area contributed by atoms with Crippen LogP contribution in [-0.4, -0.2) is 70.4 Å². The third kappa shape index (κ3) is 5.71. The SMILES string of the molecule is CCNc1nnc(SC[C@H](O)CN2C[C@@H](C)O[C@@H](C)C2)s1. The van der Waals surface area contributed by atoms with E-state index in [0.29, 0.717) is 12.3 Å². The lowest BCUT2D eigenvalue weighted by Crippen LogP contribution is -2.48. The smallest absolute Gasteiger partial charge is 0.206 e. The van der Waals surface area contributed by atoms with E-state index in [2.05, 4.69) is 34.3 Å². The maximum atomic E-state index is 10.2. The van der Waals surface area contributed by atoms with Crippen LogP contribution in [0.5, 0.6) is 0 Å². The summed E-state index contributed by atoms with van der Waals surface area (Å²) in [5, 5.41) is 22.3. The molecule has 21 heavy (non-hydrogen) atoms. The summed E-state index contributed by atoms with van der Waals surface area (Å²) in [6.45, 7) is 9.48. The molecule has 0 bridgehead atoms. The van der Waals surface area contributed by atoms with E-state index in [4.69, 9.17) is 4.74 Å². The van der Waals surface area contributed by atoms with Crippen LogP contribution >= 0.6 is 23.1 Å². The number of anilines is 1. The van der Waals surface area contributed by atoms with E-state index in [1.807, 2.05) is 6.92 Å². The van der Waals surface area contributed by atoms with Gasteiger partial charge in [0.05, 0.1) is 18.3 Å². The number of aromatic nitrogens is 2. The maximum Gasteiger partial charge on any atom is 0.206 e. The molecule has 1 aliphatic heterocycles. The molecule has 0 aromatic carbocycles. The number of nitrogens with one attached hydrogen (secondary N) is 1. The first-order valence-electron chi connectivity index (χ1n) is 7.32. The zero-order valence-electron chi connectivity index (χ0n) is 12.8. The second kappa shape index (κ2) is 8.28. The van der Waals surface area contributed by atoms with Crippen LogP contribution in [0.4, 0.5) is 5.13 Å². The summed E-state index contributed by atoms with van der Waals surface area (Å²) >= 11 is 3.09. The largest absolute Gasteiger partial charge is 0.391 e. The van der Waals surface area contributed by atoms with E-state index >= 15 is 0 Å². The Morgan fingerprint density at radius 1 is 1.43 bits per heavy atom. The first-order valence-corrected chi connectivity index (χ1v) is 9.13. The van der Waals surface area contributed by atoms with Crippen LogP contribution < -0.4 is 5.32 Å². The van der Waals surface area contributed by atoms with Crippen molar-refractivity contribution in [2.75, 3.05) is 37.2 Å². The van der Waals surface area contributed by atoms with Crippen molar-refractivity contribution >= 4 is 28.2 Å². The molecule has 1 aliphatic rings. The maximum absolute atomic E-state index is 10.2. The van der Waals surface area contributed by atoms with Crippen LogP contribution in [0.25, 0.3) is 0 Å². The molecule has 8 heteroatoms. The Hall–Kier alpha value is -0.410. The molecule has 1 aromatic rings. The highest BCUT2D eigenvalue weighted by Crippen LogP contribution is 2.26. The molecule has 2 N–H and O–H groups in total. The van der Waals surface area contributed by atoms with Gasteiger partial charge in [-0.2, -0.15) is 0 Å². The monoisotopic (exact) mass is 332 g/mol. The molecule has 0 aliphatic carbocycles. The summed E-state index contributed by atoms with van der Waals surface area (Å²) in [6.07, 6.45) is 0.109. The van der Waals surface area contributed by atoms with Gasteiger partial charge in [-0.3, -0.25) is 4.90 Å². The Morgan fingerprint density at radius 2 is 2.14 bits per heavy atom. The topological polar surface area (TPSA) is 70.5 Å². The van der Waals surface area contributed by atoms with Gasteiger partial charge in [0.1, 0.15) is 0 Å². The van der Waals surface area contributed by atoms with Crippen molar-refractivity contribution in [1.82, 2.24) is 15.1 Å². The van der Waals surface area contributed by atoms with E-state index in [1.165, 1.54) is 11.3 Å². The number of rotatable bonds is 7. The highest BCUT2D eigenvalue weighted by molar-refractivity contribution is 8.01. The lowest BCUT2D eigenvalue weighted by Gasteiger charge is -2.36. The van der Waals surface area contributed by atoms with Crippen LogP contribution in [0.1, 0.15) is 20.8 Å². The van der Waals surface area contributed by atoms with Gasteiger partial charge in [-0.1, -0.05) is 23.1 Å². The fourth-order valence-electron chi connectivity index (χ4n) is 2.44. The lowest BCUT2D eigenvalue weighted by atomic mass is 10.2. The number of morpholine rings is 1. The van der Waals surface area contributed by atoms with Crippen LogP contribution in [0.2, 0.25) is 0 Å².